The van der Waals surface area contributed by atoms with Crippen LogP contribution in [0.3, 0.4) is 0 Å². The lowest BCUT2D eigenvalue weighted by molar-refractivity contribution is -0.111. The highest BCUT2D eigenvalue weighted by molar-refractivity contribution is 5.98. The van der Waals surface area contributed by atoms with Crippen molar-refractivity contribution in [3.63, 3.8) is 0 Å². The first-order valence-electron chi connectivity index (χ1n) is 12.5. The number of carbonyl (C=O) groups is 2. The molecule has 3 aromatic rings. The quantitative estimate of drug-likeness (QED) is 0.454. The van der Waals surface area contributed by atoms with Gasteiger partial charge in [0.25, 0.3) is 0 Å². The van der Waals surface area contributed by atoms with E-state index in [1.165, 1.54) is 6.08 Å². The minimum atomic E-state index is -0.516. The molecule has 0 aliphatic carbocycles. The van der Waals surface area contributed by atoms with Gasteiger partial charge in [0.2, 0.25) is 5.91 Å². The predicted octanol–water partition coefficient (Wildman–Crippen LogP) is 4.20. The summed E-state index contributed by atoms with van der Waals surface area (Å²) >= 11 is 0. The van der Waals surface area contributed by atoms with Gasteiger partial charge in [0.1, 0.15) is 0 Å². The van der Waals surface area contributed by atoms with E-state index >= 15 is 0 Å². The van der Waals surface area contributed by atoms with Crippen LogP contribution >= 0.6 is 0 Å². The van der Waals surface area contributed by atoms with Crippen molar-refractivity contribution in [2.75, 3.05) is 26.0 Å². The molecule has 4 rings (SSSR count). The number of aryl methyl sites for hydroxylation is 1. The summed E-state index contributed by atoms with van der Waals surface area (Å²) in [5, 5.41) is 10.9. The summed E-state index contributed by atoms with van der Waals surface area (Å²) in [6.45, 7) is 8.83. The maximum Gasteiger partial charge on any atom is 0.319 e. The minimum absolute atomic E-state index is 0.0924. The van der Waals surface area contributed by atoms with Crippen molar-refractivity contribution in [3.05, 3.63) is 95.3 Å². The van der Waals surface area contributed by atoms with Crippen molar-refractivity contribution in [3.8, 4) is 0 Å². The number of likely N-dealkylation sites (N-methyl/N-ethyl adjacent to an activating group) is 1. The molecule has 1 aromatic heterocycles. The van der Waals surface area contributed by atoms with Crippen LogP contribution in [0.25, 0.3) is 0 Å². The van der Waals surface area contributed by atoms with Crippen LogP contribution in [0.4, 0.5) is 10.5 Å². The fraction of sp³-hybridized carbons (Fsp3) is 0.345. The second-order valence-electron chi connectivity index (χ2n) is 10.3. The van der Waals surface area contributed by atoms with E-state index < -0.39 is 5.54 Å². The molecule has 1 unspecified atom stereocenters. The first-order chi connectivity index (χ1) is 17.6. The number of hydrogen-bond donors (Lipinski definition) is 2. The molecule has 3 amide bonds. The van der Waals surface area contributed by atoms with Gasteiger partial charge in [-0.3, -0.25) is 9.48 Å². The van der Waals surface area contributed by atoms with Gasteiger partial charge in [-0.15, -0.1) is 0 Å². The average Bonchev–Trinajstić information content (AvgIpc) is 3.33. The summed E-state index contributed by atoms with van der Waals surface area (Å²) in [5.41, 5.74) is 5.46. The summed E-state index contributed by atoms with van der Waals surface area (Å²) in [4.78, 5) is 29.2. The molecule has 1 atom stereocenters. The fourth-order valence-electron chi connectivity index (χ4n) is 5.11. The van der Waals surface area contributed by atoms with E-state index in [9.17, 15) is 9.59 Å². The molecule has 0 radical (unpaired) electrons. The maximum absolute atomic E-state index is 13.6. The molecular formula is C29H36N6O2. The maximum atomic E-state index is 13.6. The van der Waals surface area contributed by atoms with E-state index in [2.05, 4.69) is 48.1 Å². The Labute approximate surface area is 219 Å². The lowest BCUT2D eigenvalue weighted by Crippen LogP contribution is -2.49. The van der Waals surface area contributed by atoms with Gasteiger partial charge in [-0.2, -0.15) is 5.10 Å². The van der Waals surface area contributed by atoms with Crippen LogP contribution in [0.5, 0.6) is 0 Å². The van der Waals surface area contributed by atoms with Crippen LogP contribution < -0.4 is 10.6 Å². The number of urea groups is 1. The standard InChI is InChI=1S/C29H36N6O2/c1-7-26(36)30-22-15-13-20(14-16-22)17-24-23-18-35(29(2,3)27(23)34(6)32-24)28(37)31-25(19-33(4)5)21-11-9-8-10-12-21/h7-16,25H,1,17-19H2,2-6H3,(H,30,36)(H,31,37). The fourth-order valence-corrected chi connectivity index (χ4v) is 5.11. The van der Waals surface area contributed by atoms with Gasteiger partial charge in [-0.05, 0) is 57.3 Å². The van der Waals surface area contributed by atoms with E-state index in [1.807, 2.05) is 73.2 Å². The molecule has 8 nitrogen and oxygen atoms in total. The topological polar surface area (TPSA) is 82.5 Å². The number of anilines is 1. The molecule has 0 saturated carbocycles. The predicted molar refractivity (Wildman–Crippen MR) is 146 cm³/mol. The molecule has 2 N–H and O–H groups in total. The van der Waals surface area contributed by atoms with Crippen molar-refractivity contribution >= 4 is 17.6 Å². The Morgan fingerprint density at radius 1 is 1.14 bits per heavy atom. The Morgan fingerprint density at radius 2 is 1.81 bits per heavy atom. The molecule has 2 aromatic carbocycles. The number of rotatable bonds is 8. The largest absolute Gasteiger partial charge is 0.330 e. The number of fused-ring (bicyclic) bond motifs is 1. The summed E-state index contributed by atoms with van der Waals surface area (Å²) in [7, 11) is 5.96. The molecule has 1 aliphatic rings. The molecule has 8 heteroatoms. The van der Waals surface area contributed by atoms with Crippen molar-refractivity contribution in [2.24, 2.45) is 7.05 Å². The first kappa shape index (κ1) is 26.2. The van der Waals surface area contributed by atoms with Gasteiger partial charge >= 0.3 is 6.03 Å². The van der Waals surface area contributed by atoms with Crippen molar-refractivity contribution < 1.29 is 9.59 Å². The van der Waals surface area contributed by atoms with E-state index in [1.54, 1.807) is 0 Å². The number of carbonyl (C=O) groups excluding carboxylic acids is 2. The highest BCUT2D eigenvalue weighted by Crippen LogP contribution is 2.40. The first-order valence-corrected chi connectivity index (χ1v) is 12.5. The normalized spacial score (nSPS) is 14.8. The molecule has 0 spiro atoms. The molecular weight excluding hydrogens is 464 g/mol. The molecule has 1 aliphatic heterocycles. The molecule has 2 heterocycles. The number of nitrogens with zero attached hydrogens (tertiary/aromatic N) is 4. The lowest BCUT2D eigenvalue weighted by Gasteiger charge is -2.34. The zero-order valence-corrected chi connectivity index (χ0v) is 22.3. The molecule has 0 saturated heterocycles. The Morgan fingerprint density at radius 3 is 2.43 bits per heavy atom. The van der Waals surface area contributed by atoms with Gasteiger partial charge in [0.05, 0.1) is 29.5 Å². The van der Waals surface area contributed by atoms with E-state index in [0.717, 1.165) is 33.8 Å². The van der Waals surface area contributed by atoms with Gasteiger partial charge in [-0.1, -0.05) is 49.0 Å². The number of amides is 3. The van der Waals surface area contributed by atoms with Crippen molar-refractivity contribution in [2.45, 2.75) is 38.4 Å². The van der Waals surface area contributed by atoms with Crippen LogP contribution in [0, 0.1) is 0 Å². The van der Waals surface area contributed by atoms with Gasteiger partial charge in [-0.25, -0.2) is 4.79 Å². The average molecular weight is 501 g/mol. The third-order valence-corrected chi connectivity index (χ3v) is 6.87. The van der Waals surface area contributed by atoms with Crippen LogP contribution in [0.2, 0.25) is 0 Å². The summed E-state index contributed by atoms with van der Waals surface area (Å²) in [5.74, 6) is -0.240. The Bertz CT molecular complexity index is 1280. The van der Waals surface area contributed by atoms with Gasteiger partial charge < -0.3 is 20.4 Å². The summed E-state index contributed by atoms with van der Waals surface area (Å²) in [6.07, 6.45) is 1.88. The molecule has 0 fully saturated rings. The Balaban J connectivity index is 1.53. The Kier molecular flexibility index (Phi) is 7.50. The SMILES string of the molecule is C=CC(=O)Nc1ccc(Cc2nn(C)c3c2CN(C(=O)NC(CN(C)C)c2ccccc2)C3(C)C)cc1. The second kappa shape index (κ2) is 10.6. The van der Waals surface area contributed by atoms with Crippen LogP contribution in [-0.2, 0) is 30.3 Å². The minimum Gasteiger partial charge on any atom is -0.330 e. The van der Waals surface area contributed by atoms with Gasteiger partial charge in [0.15, 0.2) is 0 Å². The van der Waals surface area contributed by atoms with Crippen molar-refractivity contribution in [1.29, 1.82) is 0 Å². The highest BCUT2D eigenvalue weighted by Gasteiger charge is 2.45. The summed E-state index contributed by atoms with van der Waals surface area (Å²) < 4.78 is 1.91. The van der Waals surface area contributed by atoms with Gasteiger partial charge in [0, 0.05) is 31.3 Å². The highest BCUT2D eigenvalue weighted by atomic mass is 16.2. The van der Waals surface area contributed by atoms with Crippen molar-refractivity contribution in [1.82, 2.24) is 24.9 Å². The molecule has 0 bridgehead atoms. The molecule has 37 heavy (non-hydrogen) atoms. The zero-order chi connectivity index (χ0) is 26.7. The molecule has 194 valence electrons. The van der Waals surface area contributed by atoms with E-state index in [-0.39, 0.29) is 18.0 Å². The number of nitrogens with one attached hydrogen (secondary N) is 2. The second-order valence-corrected chi connectivity index (χ2v) is 10.3. The van der Waals surface area contributed by atoms with Crippen LogP contribution in [-0.4, -0.2) is 52.2 Å². The third-order valence-electron chi connectivity index (χ3n) is 6.87. The smallest absolute Gasteiger partial charge is 0.319 e. The number of hydrogen-bond acceptors (Lipinski definition) is 4. The van der Waals surface area contributed by atoms with Crippen LogP contribution in [0.1, 0.15) is 48.0 Å². The lowest BCUT2D eigenvalue weighted by atomic mass is 9.98. The third kappa shape index (κ3) is 5.59. The number of aromatic nitrogens is 2. The number of benzene rings is 2. The van der Waals surface area contributed by atoms with E-state index in [0.29, 0.717) is 19.5 Å². The zero-order valence-electron chi connectivity index (χ0n) is 22.3. The monoisotopic (exact) mass is 500 g/mol. The van der Waals surface area contributed by atoms with E-state index in [4.69, 9.17) is 5.10 Å². The van der Waals surface area contributed by atoms with Crippen LogP contribution in [0.15, 0.2) is 67.3 Å². The summed E-state index contributed by atoms with van der Waals surface area (Å²) in [6, 6.07) is 17.6. The Hall–Kier alpha value is -3.91.